The number of aliphatic hydroxyl groups excluding tert-OH is 2. The fourth-order valence-electron chi connectivity index (χ4n) is 3.61. The SMILES string of the molecule is Cc1cc(Br)c2cc(Cl)n(C(=O)c3cncc(Nc4snc(O)c4C(=N)NC(O)C(C)O)c3C)c2c1. The van der Waals surface area contributed by atoms with Gasteiger partial charge in [0.15, 0.2) is 6.23 Å². The minimum atomic E-state index is -1.42. The van der Waals surface area contributed by atoms with Crippen molar-refractivity contribution < 1.29 is 20.1 Å². The Morgan fingerprint density at radius 2 is 1.97 bits per heavy atom. The fourth-order valence-corrected chi connectivity index (χ4v) is 5.28. The normalized spacial score (nSPS) is 13.0. The van der Waals surface area contributed by atoms with Gasteiger partial charge in [0.1, 0.15) is 21.6 Å². The van der Waals surface area contributed by atoms with Crippen LogP contribution < -0.4 is 10.6 Å². The standard InChI is InChI=1S/C23H22BrClN6O4S/c1-9-4-14(24)12-6-17(25)31(16(12)5-9)23(35)13-7-27-8-15(10(13)2)28-22-18(21(34)30-36-22)19(26)29-20(33)11(3)32/h4-8,11,20,28,32-33H,1-3H3,(H2,26,29)(H,30,34). The third kappa shape index (κ3) is 4.82. The van der Waals surface area contributed by atoms with Gasteiger partial charge in [0.2, 0.25) is 5.88 Å². The summed E-state index contributed by atoms with van der Waals surface area (Å²) in [5, 5.41) is 44.5. The summed E-state index contributed by atoms with van der Waals surface area (Å²) in [6.07, 6.45) is 0.387. The number of aryl methyl sites for hydroxylation is 1. The molecule has 3 aromatic heterocycles. The first-order valence-corrected chi connectivity index (χ1v) is 12.6. The molecule has 0 fully saturated rings. The molecular formula is C23H22BrClN6O4S. The molecule has 0 aliphatic carbocycles. The molecule has 0 amide bonds. The summed E-state index contributed by atoms with van der Waals surface area (Å²) in [7, 11) is 0. The third-order valence-electron chi connectivity index (χ3n) is 5.54. The molecule has 0 bridgehead atoms. The number of aliphatic hydroxyl groups is 2. The van der Waals surface area contributed by atoms with E-state index in [1.165, 1.54) is 23.9 Å². The first-order chi connectivity index (χ1) is 17.0. The summed E-state index contributed by atoms with van der Waals surface area (Å²) >= 11 is 10.9. The van der Waals surface area contributed by atoms with Crippen molar-refractivity contribution in [3.8, 4) is 5.88 Å². The number of anilines is 2. The number of halogens is 2. The van der Waals surface area contributed by atoms with Crippen LogP contribution in [0.25, 0.3) is 10.9 Å². The summed E-state index contributed by atoms with van der Waals surface area (Å²) in [5.41, 5.74) is 2.90. The number of nitrogens with one attached hydrogen (secondary N) is 3. The first-order valence-electron chi connectivity index (χ1n) is 10.6. The highest BCUT2D eigenvalue weighted by Gasteiger charge is 2.24. The lowest BCUT2D eigenvalue weighted by Gasteiger charge is -2.18. The summed E-state index contributed by atoms with van der Waals surface area (Å²) in [4.78, 5) is 17.8. The second-order valence-corrected chi connectivity index (χ2v) is 10.2. The van der Waals surface area contributed by atoms with Crippen LogP contribution in [0.4, 0.5) is 10.7 Å². The molecule has 10 nitrogen and oxygen atoms in total. The van der Waals surface area contributed by atoms with Gasteiger partial charge in [-0.25, -0.2) is 0 Å². The number of benzene rings is 1. The van der Waals surface area contributed by atoms with E-state index in [4.69, 9.17) is 17.0 Å². The molecule has 4 aromatic rings. The van der Waals surface area contributed by atoms with Crippen LogP contribution >= 0.6 is 39.1 Å². The van der Waals surface area contributed by atoms with Crippen LogP contribution in [-0.4, -0.2) is 53.3 Å². The molecular weight excluding hydrogens is 572 g/mol. The average Bonchev–Trinajstić information content (AvgIpc) is 3.33. The van der Waals surface area contributed by atoms with Gasteiger partial charge >= 0.3 is 0 Å². The van der Waals surface area contributed by atoms with Crippen LogP contribution in [0.5, 0.6) is 5.88 Å². The average molecular weight is 594 g/mol. The number of aromatic nitrogens is 3. The number of hydrogen-bond acceptors (Lipinski definition) is 9. The van der Waals surface area contributed by atoms with Crippen molar-refractivity contribution in [2.45, 2.75) is 33.1 Å². The van der Waals surface area contributed by atoms with E-state index in [0.29, 0.717) is 22.3 Å². The largest absolute Gasteiger partial charge is 0.492 e. The number of nitrogens with zero attached hydrogens (tertiary/aromatic N) is 3. The second-order valence-electron chi connectivity index (χ2n) is 8.19. The maximum absolute atomic E-state index is 13.6. The zero-order valence-electron chi connectivity index (χ0n) is 19.3. The molecule has 0 saturated heterocycles. The Morgan fingerprint density at radius 1 is 1.25 bits per heavy atom. The highest BCUT2D eigenvalue weighted by atomic mass is 79.9. The zero-order chi connectivity index (χ0) is 26.3. The van der Waals surface area contributed by atoms with Crippen molar-refractivity contribution in [2.75, 3.05) is 5.32 Å². The summed E-state index contributed by atoms with van der Waals surface area (Å²) in [6.45, 7) is 5.01. The van der Waals surface area contributed by atoms with E-state index in [2.05, 4.69) is 35.9 Å². The van der Waals surface area contributed by atoms with Crippen molar-refractivity contribution in [1.29, 1.82) is 5.41 Å². The van der Waals surface area contributed by atoms with Gasteiger partial charge < -0.3 is 26.0 Å². The second kappa shape index (κ2) is 10.1. The molecule has 4 rings (SSSR count). The molecule has 13 heteroatoms. The van der Waals surface area contributed by atoms with E-state index in [0.717, 1.165) is 27.0 Å². The number of amidine groups is 1. The van der Waals surface area contributed by atoms with Gasteiger partial charge in [-0.15, -0.1) is 0 Å². The quantitative estimate of drug-likeness (QED) is 0.110. The van der Waals surface area contributed by atoms with E-state index in [1.54, 1.807) is 13.0 Å². The highest BCUT2D eigenvalue weighted by Crippen LogP contribution is 2.35. The molecule has 0 saturated carbocycles. The Morgan fingerprint density at radius 3 is 2.67 bits per heavy atom. The van der Waals surface area contributed by atoms with E-state index in [9.17, 15) is 20.1 Å². The monoisotopic (exact) mass is 592 g/mol. The van der Waals surface area contributed by atoms with Crippen molar-refractivity contribution in [3.63, 3.8) is 0 Å². The lowest BCUT2D eigenvalue weighted by molar-refractivity contribution is 0.0220. The van der Waals surface area contributed by atoms with Crippen LogP contribution in [0.1, 0.15) is 34.0 Å². The van der Waals surface area contributed by atoms with Gasteiger partial charge in [0.25, 0.3) is 5.91 Å². The molecule has 0 aliphatic rings. The number of carbonyl (C=O) groups excluding carboxylic acids is 1. The molecule has 6 N–H and O–H groups in total. The Hall–Kier alpha value is -3.03. The Balaban J connectivity index is 1.70. The number of aromatic hydroxyl groups is 1. The fraction of sp³-hybridized carbons (Fsp3) is 0.217. The van der Waals surface area contributed by atoms with Crippen molar-refractivity contribution in [1.82, 2.24) is 19.2 Å². The van der Waals surface area contributed by atoms with Gasteiger partial charge in [-0.1, -0.05) is 27.5 Å². The number of fused-ring (bicyclic) bond motifs is 1. The maximum atomic E-state index is 13.6. The lowest BCUT2D eigenvalue weighted by Crippen LogP contribution is -2.41. The summed E-state index contributed by atoms with van der Waals surface area (Å²) in [6, 6.07) is 5.54. The molecule has 2 unspecified atom stereocenters. The van der Waals surface area contributed by atoms with E-state index < -0.39 is 18.2 Å². The van der Waals surface area contributed by atoms with Crippen molar-refractivity contribution in [2.24, 2.45) is 0 Å². The van der Waals surface area contributed by atoms with Crippen LogP contribution in [0.3, 0.4) is 0 Å². The van der Waals surface area contributed by atoms with Gasteiger partial charge in [-0.2, -0.15) is 4.37 Å². The Labute approximate surface area is 223 Å². The molecule has 0 radical (unpaired) electrons. The first kappa shape index (κ1) is 26.0. The molecule has 36 heavy (non-hydrogen) atoms. The topological polar surface area (TPSA) is 156 Å². The van der Waals surface area contributed by atoms with E-state index in [1.807, 2.05) is 19.1 Å². The smallest absolute Gasteiger partial charge is 0.265 e. The van der Waals surface area contributed by atoms with Crippen LogP contribution in [0.2, 0.25) is 5.15 Å². The van der Waals surface area contributed by atoms with Crippen LogP contribution in [-0.2, 0) is 0 Å². The highest BCUT2D eigenvalue weighted by molar-refractivity contribution is 9.10. The van der Waals surface area contributed by atoms with Gasteiger partial charge in [0, 0.05) is 16.1 Å². The van der Waals surface area contributed by atoms with Crippen molar-refractivity contribution in [3.05, 3.63) is 62.5 Å². The van der Waals surface area contributed by atoms with Gasteiger partial charge in [0.05, 0.1) is 29.1 Å². The van der Waals surface area contributed by atoms with Gasteiger partial charge in [-0.05, 0) is 61.6 Å². The number of hydrogen-bond donors (Lipinski definition) is 6. The number of carbonyl (C=O) groups is 1. The maximum Gasteiger partial charge on any atom is 0.265 e. The zero-order valence-corrected chi connectivity index (χ0v) is 22.5. The lowest BCUT2D eigenvalue weighted by atomic mass is 10.1. The summed E-state index contributed by atoms with van der Waals surface area (Å²) < 4.78 is 6.12. The predicted molar refractivity (Wildman–Crippen MR) is 143 cm³/mol. The molecule has 3 heterocycles. The number of pyridine rings is 1. The number of rotatable bonds is 6. The van der Waals surface area contributed by atoms with Crippen LogP contribution in [0, 0.1) is 19.3 Å². The molecule has 188 valence electrons. The molecule has 1 aromatic carbocycles. The molecule has 0 aliphatic heterocycles. The Bertz CT molecular complexity index is 1500. The van der Waals surface area contributed by atoms with Crippen LogP contribution in [0.15, 0.2) is 35.1 Å². The van der Waals surface area contributed by atoms with Gasteiger partial charge in [-0.3, -0.25) is 19.8 Å². The Kier molecular flexibility index (Phi) is 7.34. The minimum Gasteiger partial charge on any atom is -0.492 e. The third-order valence-corrected chi connectivity index (χ3v) is 7.23. The van der Waals surface area contributed by atoms with E-state index in [-0.39, 0.29) is 27.5 Å². The van der Waals surface area contributed by atoms with Crippen molar-refractivity contribution >= 4 is 72.4 Å². The predicted octanol–water partition coefficient (Wildman–Crippen LogP) is 4.28. The summed E-state index contributed by atoms with van der Waals surface area (Å²) in [5.74, 6) is -1.15. The van der Waals surface area contributed by atoms with E-state index >= 15 is 0 Å². The minimum absolute atomic E-state index is 0.00407. The molecule has 2 atom stereocenters. The molecule has 0 spiro atoms.